The average molecular weight is 827 g/mol. The highest BCUT2D eigenvalue weighted by Gasteiger charge is 2.35. The lowest BCUT2D eigenvalue weighted by Gasteiger charge is -2.33. The Morgan fingerprint density at radius 3 is 2.15 bits per heavy atom. The van der Waals surface area contributed by atoms with Gasteiger partial charge in [-0.3, -0.25) is 9.55 Å². The van der Waals surface area contributed by atoms with E-state index in [9.17, 15) is 0 Å². The molecule has 6 heteroatoms. The Morgan fingerprint density at radius 2 is 1.24 bits per heavy atom. The van der Waals surface area contributed by atoms with Crippen LogP contribution in [0.25, 0.3) is 123 Å². The van der Waals surface area contributed by atoms with Gasteiger partial charge < -0.3 is 0 Å². The first-order chi connectivity index (χ1) is 30.5. The van der Waals surface area contributed by atoms with Crippen LogP contribution in [0.4, 0.5) is 0 Å². The molecule has 5 aromatic heterocycles. The molecule has 0 aliphatic heterocycles. The van der Waals surface area contributed by atoms with E-state index in [1.807, 2.05) is 17.5 Å². The first-order valence-corrected chi connectivity index (χ1v) is 22.7. The second kappa shape index (κ2) is 12.4. The summed E-state index contributed by atoms with van der Waals surface area (Å²) in [7, 11) is 0. The van der Waals surface area contributed by atoms with Crippen LogP contribution >= 0.6 is 22.7 Å². The van der Waals surface area contributed by atoms with Gasteiger partial charge in [-0.25, -0.2) is 9.97 Å². The van der Waals surface area contributed by atoms with E-state index in [0.29, 0.717) is 5.95 Å². The Bertz CT molecular complexity index is 4080. The normalized spacial score (nSPS) is 13.5. The van der Waals surface area contributed by atoms with Gasteiger partial charge in [0, 0.05) is 74.5 Å². The third kappa shape index (κ3) is 4.63. The Kier molecular flexibility index (Phi) is 6.90. The lowest BCUT2D eigenvalue weighted by atomic mass is 9.71. The molecule has 0 saturated carbocycles. The van der Waals surface area contributed by atoms with Crippen molar-refractivity contribution < 1.29 is 0 Å². The summed E-state index contributed by atoms with van der Waals surface area (Å²) in [6.45, 7) is 4.62. The monoisotopic (exact) mass is 826 g/mol. The number of rotatable bonds is 3. The number of aromatic nitrogens is 4. The zero-order valence-electron chi connectivity index (χ0n) is 33.8. The molecule has 62 heavy (non-hydrogen) atoms. The van der Waals surface area contributed by atoms with Gasteiger partial charge in [-0.2, -0.15) is 0 Å². The van der Waals surface area contributed by atoms with Crippen LogP contribution in [-0.4, -0.2) is 19.5 Å². The van der Waals surface area contributed by atoms with Crippen molar-refractivity contribution in [2.45, 2.75) is 19.3 Å². The van der Waals surface area contributed by atoms with Crippen LogP contribution in [0.15, 0.2) is 170 Å². The third-order valence-electron chi connectivity index (χ3n) is 13.4. The molecule has 0 spiro atoms. The molecule has 5 heterocycles. The van der Waals surface area contributed by atoms with Gasteiger partial charge in [0.25, 0.3) is 0 Å². The van der Waals surface area contributed by atoms with E-state index in [4.69, 9.17) is 15.0 Å². The highest BCUT2D eigenvalue weighted by molar-refractivity contribution is 7.27. The van der Waals surface area contributed by atoms with Crippen molar-refractivity contribution in [1.29, 1.82) is 0 Å². The quantitative estimate of drug-likeness (QED) is 0.178. The van der Waals surface area contributed by atoms with Crippen molar-refractivity contribution >= 4 is 106 Å². The van der Waals surface area contributed by atoms with Gasteiger partial charge in [0.15, 0.2) is 0 Å². The van der Waals surface area contributed by atoms with Gasteiger partial charge in [0.05, 0.1) is 22.4 Å². The van der Waals surface area contributed by atoms with Gasteiger partial charge in [0.1, 0.15) is 4.83 Å². The molecule has 8 aromatic carbocycles. The number of thiophene rings is 2. The van der Waals surface area contributed by atoms with Crippen molar-refractivity contribution in [3.05, 3.63) is 181 Å². The summed E-state index contributed by atoms with van der Waals surface area (Å²) >= 11 is 3.65. The molecule has 1 aliphatic rings. The molecule has 14 rings (SSSR count). The van der Waals surface area contributed by atoms with Crippen LogP contribution < -0.4 is 0 Å². The summed E-state index contributed by atoms with van der Waals surface area (Å²) in [5.74, 6) is 0.678. The molecular weight excluding hydrogens is 793 g/mol. The fraction of sp³-hybridized carbons (Fsp3) is 0.0536. The molecule has 0 N–H and O–H groups in total. The Balaban J connectivity index is 0.975. The summed E-state index contributed by atoms with van der Waals surface area (Å²) in [5.41, 5.74) is 11.4. The van der Waals surface area contributed by atoms with Crippen LogP contribution in [0.5, 0.6) is 0 Å². The molecule has 1 aliphatic carbocycles. The van der Waals surface area contributed by atoms with E-state index in [1.165, 1.54) is 90.4 Å². The molecule has 0 unspecified atom stereocenters. The molecular formula is C56H34N4S2. The topological polar surface area (TPSA) is 43.6 Å². The maximum absolute atomic E-state index is 5.50. The van der Waals surface area contributed by atoms with Gasteiger partial charge in [-0.05, 0) is 86.9 Å². The molecule has 0 fully saturated rings. The number of benzene rings is 8. The minimum Gasteiger partial charge on any atom is -0.278 e. The van der Waals surface area contributed by atoms with E-state index in [-0.39, 0.29) is 5.41 Å². The van der Waals surface area contributed by atoms with Crippen LogP contribution in [0.3, 0.4) is 0 Å². The number of pyridine rings is 1. The van der Waals surface area contributed by atoms with Gasteiger partial charge in [-0.1, -0.05) is 129 Å². The third-order valence-corrected chi connectivity index (χ3v) is 15.7. The zero-order chi connectivity index (χ0) is 40.8. The number of nitrogens with zero attached hydrogens (tertiary/aromatic N) is 4. The van der Waals surface area contributed by atoms with Crippen molar-refractivity contribution in [1.82, 2.24) is 19.5 Å². The molecule has 13 aromatic rings. The standard InChI is InChI=1S/C56H34N4S2/c1-56(2)43-19-10-17-38-48(43)41(37-18-11-27-57-53(37)56)30-42-40-29-34(23-25-46(40)61-52(38)42)33-21-24-45-39(28-33)36-16-8-9-20-44(36)60(45)55-58-51(32-13-4-3-5-14-32)50-49-35-15-7-6-12-31(35)22-26-47(49)62-54(50)59-55/h3-30H,1-2H3. The lowest BCUT2D eigenvalue weighted by Crippen LogP contribution is -2.25. The van der Waals surface area contributed by atoms with Crippen molar-refractivity contribution in [2.75, 3.05) is 0 Å². The average Bonchev–Trinajstić information content (AvgIpc) is 4.00. The minimum absolute atomic E-state index is 0.181. The van der Waals surface area contributed by atoms with E-state index < -0.39 is 0 Å². The molecule has 4 nitrogen and oxygen atoms in total. The lowest BCUT2D eigenvalue weighted by molar-refractivity contribution is 0.621. The largest absolute Gasteiger partial charge is 0.278 e. The molecule has 0 radical (unpaired) electrons. The van der Waals surface area contributed by atoms with Crippen LogP contribution in [-0.2, 0) is 5.41 Å². The number of hydrogen-bond acceptors (Lipinski definition) is 5. The molecule has 0 amide bonds. The van der Waals surface area contributed by atoms with Crippen LogP contribution in [0.2, 0.25) is 0 Å². The van der Waals surface area contributed by atoms with E-state index in [0.717, 1.165) is 38.2 Å². The predicted molar refractivity (Wildman–Crippen MR) is 263 cm³/mol. The summed E-state index contributed by atoms with van der Waals surface area (Å²) in [5, 5.41) is 12.4. The van der Waals surface area contributed by atoms with Crippen molar-refractivity contribution in [2.24, 2.45) is 0 Å². The molecule has 290 valence electrons. The first-order valence-electron chi connectivity index (χ1n) is 21.1. The fourth-order valence-electron chi connectivity index (χ4n) is 10.6. The molecule has 0 saturated heterocycles. The second-order valence-electron chi connectivity index (χ2n) is 17.1. The maximum atomic E-state index is 5.50. The summed E-state index contributed by atoms with van der Waals surface area (Å²) in [6.07, 6.45) is 1.94. The zero-order valence-corrected chi connectivity index (χ0v) is 35.4. The van der Waals surface area contributed by atoms with Gasteiger partial charge in [0.2, 0.25) is 5.95 Å². The van der Waals surface area contributed by atoms with Crippen molar-refractivity contribution in [3.63, 3.8) is 0 Å². The SMILES string of the molecule is CC1(C)c2ncccc2-c2cc3c4cc(-c5ccc6c(c5)c5ccccc5n6-c5nc(-c6ccccc6)c6c(n5)sc5ccc7ccccc7c56)ccc4sc3c3cccc1c23. The Morgan fingerprint density at radius 1 is 0.484 bits per heavy atom. The smallest absolute Gasteiger partial charge is 0.236 e. The Hall–Kier alpha value is -7.25. The van der Waals surface area contributed by atoms with Crippen molar-refractivity contribution in [3.8, 4) is 39.5 Å². The first kappa shape index (κ1) is 34.5. The highest BCUT2D eigenvalue weighted by Crippen LogP contribution is 2.52. The number of hydrogen-bond donors (Lipinski definition) is 0. The van der Waals surface area contributed by atoms with Gasteiger partial charge in [-0.15, -0.1) is 22.7 Å². The summed E-state index contributed by atoms with van der Waals surface area (Å²) < 4.78 is 6.12. The number of fused-ring (bicyclic) bond motifs is 14. The molecule has 0 atom stereocenters. The second-order valence-corrected chi connectivity index (χ2v) is 19.2. The van der Waals surface area contributed by atoms with Gasteiger partial charge >= 0.3 is 0 Å². The molecule has 0 bridgehead atoms. The summed E-state index contributed by atoms with van der Waals surface area (Å²) in [4.78, 5) is 16.9. The number of para-hydroxylation sites is 1. The van der Waals surface area contributed by atoms with E-state index >= 15 is 0 Å². The highest BCUT2D eigenvalue weighted by atomic mass is 32.1. The maximum Gasteiger partial charge on any atom is 0.236 e. The van der Waals surface area contributed by atoms with Crippen LogP contribution in [0.1, 0.15) is 25.1 Å². The Labute approximate surface area is 364 Å². The fourth-order valence-corrected chi connectivity index (χ4v) is 12.8. The predicted octanol–water partition coefficient (Wildman–Crippen LogP) is 15.7. The summed E-state index contributed by atoms with van der Waals surface area (Å²) in [6, 6.07) is 59.9. The van der Waals surface area contributed by atoms with E-state index in [1.54, 1.807) is 11.3 Å². The minimum atomic E-state index is -0.181. The van der Waals surface area contributed by atoms with Crippen LogP contribution in [0, 0.1) is 0 Å². The van der Waals surface area contributed by atoms with E-state index in [2.05, 4.69) is 182 Å².